The molecular weight excluding hydrogens is 309 g/mol. The average Bonchev–Trinajstić information content (AvgIpc) is 3.10. The molecule has 1 aromatic heterocycles. The summed E-state index contributed by atoms with van der Waals surface area (Å²) in [4.78, 5) is 22.2. The standard InChI is InChI=1S/C18H22FN3O2/c19-12-1-4-15-16(9-12)21-17(20-15)5-6-18(24)22-13-2-3-14(22)8-11(7-13)10-23/h1,4,9,11,13-14,23H,2-3,5-8,10H2,(H,20,21)/t11?,13-,14+. The number of nitrogens with zero attached hydrogens (tertiary/aromatic N) is 2. The first-order valence-corrected chi connectivity index (χ1v) is 8.70. The fraction of sp³-hybridized carbons (Fsp3) is 0.556. The molecule has 2 aromatic rings. The first-order valence-electron chi connectivity index (χ1n) is 8.70. The van der Waals surface area contributed by atoms with Gasteiger partial charge in [-0.1, -0.05) is 0 Å². The normalized spacial score (nSPS) is 26.2. The molecule has 1 amide bonds. The van der Waals surface area contributed by atoms with E-state index >= 15 is 0 Å². The first kappa shape index (κ1) is 15.6. The molecule has 0 radical (unpaired) electrons. The Morgan fingerprint density at radius 3 is 2.79 bits per heavy atom. The lowest BCUT2D eigenvalue weighted by Crippen LogP contribution is -2.47. The maximum Gasteiger partial charge on any atom is 0.223 e. The predicted molar refractivity (Wildman–Crippen MR) is 87.8 cm³/mol. The lowest BCUT2D eigenvalue weighted by molar-refractivity contribution is -0.136. The van der Waals surface area contributed by atoms with Crippen LogP contribution in [0.3, 0.4) is 0 Å². The maximum absolute atomic E-state index is 13.2. The molecule has 2 saturated heterocycles. The quantitative estimate of drug-likeness (QED) is 0.904. The van der Waals surface area contributed by atoms with Gasteiger partial charge in [0.15, 0.2) is 0 Å². The highest BCUT2D eigenvalue weighted by Gasteiger charge is 2.42. The fourth-order valence-corrected chi connectivity index (χ4v) is 4.35. The van der Waals surface area contributed by atoms with Crippen LogP contribution in [0.15, 0.2) is 18.2 Å². The molecule has 1 unspecified atom stereocenters. The van der Waals surface area contributed by atoms with E-state index in [1.165, 1.54) is 12.1 Å². The van der Waals surface area contributed by atoms with Gasteiger partial charge in [0.05, 0.1) is 11.0 Å². The van der Waals surface area contributed by atoms with Crippen LogP contribution in [0.5, 0.6) is 0 Å². The van der Waals surface area contributed by atoms with Crippen molar-refractivity contribution in [3.05, 3.63) is 29.8 Å². The third-order valence-electron chi connectivity index (χ3n) is 5.45. The van der Waals surface area contributed by atoms with Gasteiger partial charge in [0.25, 0.3) is 0 Å². The van der Waals surface area contributed by atoms with Crippen LogP contribution in [-0.2, 0) is 11.2 Å². The summed E-state index contributed by atoms with van der Waals surface area (Å²) in [5.41, 5.74) is 1.39. The van der Waals surface area contributed by atoms with E-state index < -0.39 is 0 Å². The SMILES string of the molecule is O=C(CCc1nc2ccc(F)cc2[nH]1)N1[C@@H]2CC[C@H]1CC(CO)C2. The lowest BCUT2D eigenvalue weighted by Gasteiger charge is -2.38. The molecule has 2 bridgehead atoms. The van der Waals surface area contributed by atoms with Gasteiger partial charge in [0.1, 0.15) is 11.6 Å². The van der Waals surface area contributed by atoms with E-state index in [2.05, 4.69) is 14.9 Å². The topological polar surface area (TPSA) is 69.2 Å². The third kappa shape index (κ3) is 2.79. The molecule has 3 atom stereocenters. The Morgan fingerprint density at radius 2 is 2.08 bits per heavy atom. The monoisotopic (exact) mass is 331 g/mol. The van der Waals surface area contributed by atoms with Gasteiger partial charge in [0, 0.05) is 31.5 Å². The number of aliphatic hydroxyl groups excluding tert-OH is 1. The van der Waals surface area contributed by atoms with Crippen LogP contribution in [0.4, 0.5) is 4.39 Å². The van der Waals surface area contributed by atoms with E-state index in [-0.39, 0.29) is 30.4 Å². The molecule has 6 heteroatoms. The molecule has 0 aliphatic carbocycles. The third-order valence-corrected chi connectivity index (χ3v) is 5.45. The number of halogens is 1. The van der Waals surface area contributed by atoms with Crippen molar-refractivity contribution in [1.29, 1.82) is 0 Å². The number of aryl methyl sites for hydroxylation is 1. The summed E-state index contributed by atoms with van der Waals surface area (Å²) in [6, 6.07) is 5.04. The number of nitrogens with one attached hydrogen (secondary N) is 1. The minimum absolute atomic E-state index is 0.172. The highest BCUT2D eigenvalue weighted by Crippen LogP contribution is 2.38. The number of aromatic nitrogens is 2. The van der Waals surface area contributed by atoms with E-state index in [1.54, 1.807) is 6.07 Å². The van der Waals surface area contributed by atoms with Gasteiger partial charge < -0.3 is 15.0 Å². The number of benzene rings is 1. The summed E-state index contributed by atoms with van der Waals surface area (Å²) < 4.78 is 13.2. The van der Waals surface area contributed by atoms with Gasteiger partial charge >= 0.3 is 0 Å². The first-order chi connectivity index (χ1) is 11.6. The van der Waals surface area contributed by atoms with Crippen molar-refractivity contribution >= 4 is 16.9 Å². The summed E-state index contributed by atoms with van der Waals surface area (Å²) in [6.45, 7) is 0.227. The number of hydrogen-bond acceptors (Lipinski definition) is 3. The van der Waals surface area contributed by atoms with E-state index in [1.807, 2.05) is 0 Å². The molecular formula is C18H22FN3O2. The Kier molecular flexibility index (Phi) is 4.00. The number of aliphatic hydroxyl groups is 1. The molecule has 3 heterocycles. The molecule has 4 rings (SSSR count). The Bertz CT molecular complexity index is 746. The van der Waals surface area contributed by atoms with Crippen molar-refractivity contribution in [3.63, 3.8) is 0 Å². The molecule has 2 aliphatic rings. The van der Waals surface area contributed by atoms with Gasteiger partial charge in [-0.2, -0.15) is 0 Å². The summed E-state index contributed by atoms with van der Waals surface area (Å²) in [7, 11) is 0. The molecule has 5 nitrogen and oxygen atoms in total. The van der Waals surface area contributed by atoms with Gasteiger partial charge in [0.2, 0.25) is 5.91 Å². The van der Waals surface area contributed by atoms with Gasteiger partial charge in [-0.05, 0) is 49.8 Å². The number of imidazole rings is 1. The number of H-pyrrole nitrogens is 1. The van der Waals surface area contributed by atoms with Gasteiger partial charge in [-0.15, -0.1) is 0 Å². The molecule has 2 N–H and O–H groups in total. The Balaban J connectivity index is 1.41. The second-order valence-electron chi connectivity index (χ2n) is 7.05. The van der Waals surface area contributed by atoms with Crippen molar-refractivity contribution in [2.24, 2.45) is 5.92 Å². The average molecular weight is 331 g/mol. The second kappa shape index (κ2) is 6.16. The van der Waals surface area contributed by atoms with Crippen LogP contribution in [0.1, 0.15) is 37.9 Å². The van der Waals surface area contributed by atoms with Crippen LogP contribution in [0.2, 0.25) is 0 Å². The van der Waals surface area contributed by atoms with Crippen LogP contribution in [-0.4, -0.2) is 44.6 Å². The lowest BCUT2D eigenvalue weighted by atomic mass is 9.91. The molecule has 128 valence electrons. The van der Waals surface area contributed by atoms with E-state index in [0.29, 0.717) is 24.3 Å². The predicted octanol–water partition coefficient (Wildman–Crippen LogP) is 2.40. The molecule has 2 fully saturated rings. The summed E-state index contributed by atoms with van der Waals surface area (Å²) in [6.07, 6.45) is 4.90. The van der Waals surface area contributed by atoms with Crippen molar-refractivity contribution < 1.29 is 14.3 Å². The van der Waals surface area contributed by atoms with Crippen molar-refractivity contribution in [2.45, 2.75) is 50.6 Å². The van der Waals surface area contributed by atoms with E-state index in [9.17, 15) is 14.3 Å². The van der Waals surface area contributed by atoms with Gasteiger partial charge in [-0.25, -0.2) is 9.37 Å². The maximum atomic E-state index is 13.2. The molecule has 24 heavy (non-hydrogen) atoms. The zero-order valence-electron chi connectivity index (χ0n) is 13.5. The van der Waals surface area contributed by atoms with Gasteiger partial charge in [-0.3, -0.25) is 4.79 Å². The Morgan fingerprint density at radius 1 is 1.33 bits per heavy atom. The number of carbonyl (C=O) groups excluding carboxylic acids is 1. The number of aromatic amines is 1. The molecule has 0 spiro atoms. The number of rotatable bonds is 4. The largest absolute Gasteiger partial charge is 0.396 e. The highest BCUT2D eigenvalue weighted by molar-refractivity contribution is 5.78. The van der Waals surface area contributed by atoms with Crippen molar-refractivity contribution in [1.82, 2.24) is 14.9 Å². The van der Waals surface area contributed by atoms with Crippen molar-refractivity contribution in [3.8, 4) is 0 Å². The Labute approximate surface area is 139 Å². The Hall–Kier alpha value is -1.95. The summed E-state index contributed by atoms with van der Waals surface area (Å²) >= 11 is 0. The van der Waals surface area contributed by atoms with E-state index in [4.69, 9.17) is 0 Å². The van der Waals surface area contributed by atoms with Crippen LogP contribution < -0.4 is 0 Å². The van der Waals surface area contributed by atoms with Crippen molar-refractivity contribution in [2.75, 3.05) is 6.61 Å². The van der Waals surface area contributed by atoms with Crippen LogP contribution in [0.25, 0.3) is 11.0 Å². The summed E-state index contributed by atoms with van der Waals surface area (Å²) in [5.74, 6) is 0.945. The molecule has 0 saturated carbocycles. The minimum Gasteiger partial charge on any atom is -0.396 e. The molecule has 2 aliphatic heterocycles. The second-order valence-corrected chi connectivity index (χ2v) is 7.05. The molecule has 1 aromatic carbocycles. The summed E-state index contributed by atoms with van der Waals surface area (Å²) in [5, 5.41) is 9.38. The number of piperidine rings is 1. The zero-order chi connectivity index (χ0) is 16.7. The number of fused-ring (bicyclic) bond motifs is 3. The van der Waals surface area contributed by atoms with Crippen LogP contribution in [0, 0.1) is 11.7 Å². The minimum atomic E-state index is -0.294. The van der Waals surface area contributed by atoms with E-state index in [0.717, 1.165) is 37.0 Å². The smallest absolute Gasteiger partial charge is 0.223 e. The fourth-order valence-electron chi connectivity index (χ4n) is 4.35. The highest BCUT2D eigenvalue weighted by atomic mass is 19.1. The number of hydrogen-bond donors (Lipinski definition) is 2. The number of amides is 1. The zero-order valence-corrected chi connectivity index (χ0v) is 13.5. The van der Waals surface area contributed by atoms with Crippen LogP contribution >= 0.6 is 0 Å². The number of carbonyl (C=O) groups is 1.